The second kappa shape index (κ2) is 3.04. The highest BCUT2D eigenvalue weighted by Crippen LogP contribution is 2.19. The average molecular weight is 143 g/mol. The molecule has 0 N–H and O–H groups in total. The zero-order valence-electron chi connectivity index (χ0n) is 7.10. The fraction of sp³-hybridized carbons (Fsp3) is 0.750. The van der Waals surface area contributed by atoms with Gasteiger partial charge in [0.15, 0.2) is 0 Å². The van der Waals surface area contributed by atoms with Gasteiger partial charge in [-0.25, -0.2) is 0 Å². The minimum atomic E-state index is -0.439. The Kier molecular flexibility index (Phi) is 2.88. The lowest BCUT2D eigenvalue weighted by Crippen LogP contribution is -2.32. The predicted octanol–water partition coefficient (Wildman–Crippen LogP) is 1.80. The molecule has 59 valence electrons. The summed E-state index contributed by atoms with van der Waals surface area (Å²) in [4.78, 5) is 10.5. The maximum atomic E-state index is 10.5. The molecule has 2 heteroatoms. The van der Waals surface area contributed by atoms with Crippen LogP contribution in [-0.2, 0) is 9.53 Å². The van der Waals surface area contributed by atoms with Crippen molar-refractivity contribution in [2.45, 2.75) is 33.3 Å². The van der Waals surface area contributed by atoms with Gasteiger partial charge in [-0.15, -0.1) is 0 Å². The van der Waals surface area contributed by atoms with Crippen molar-refractivity contribution in [2.75, 3.05) is 0 Å². The largest absolute Gasteiger partial charge is 0.460 e. The molecule has 1 atom stereocenters. The third-order valence-corrected chi connectivity index (χ3v) is 1.59. The number of hydrogen-bond donors (Lipinski definition) is 0. The molecule has 0 fully saturated rings. The summed E-state index contributed by atoms with van der Waals surface area (Å²) < 4.78 is 5.00. The van der Waals surface area contributed by atoms with Gasteiger partial charge in [0, 0.05) is 6.92 Å². The maximum absolute atomic E-state index is 10.5. The van der Waals surface area contributed by atoms with Crippen molar-refractivity contribution in [3.05, 3.63) is 6.92 Å². The molecule has 0 aliphatic rings. The van der Waals surface area contributed by atoms with Crippen LogP contribution in [-0.4, -0.2) is 11.6 Å². The van der Waals surface area contributed by atoms with E-state index in [9.17, 15) is 4.79 Å². The standard InChI is InChI=1S/C8H15O2/c1-6(2)8(4,5)10-7(3)9/h6H,1H2,2-5H3/t6-/m1/s1. The molecule has 1 radical (unpaired) electrons. The molecular weight excluding hydrogens is 128 g/mol. The highest BCUT2D eigenvalue weighted by Gasteiger charge is 2.25. The van der Waals surface area contributed by atoms with Crippen LogP contribution in [0.2, 0.25) is 0 Å². The van der Waals surface area contributed by atoms with Gasteiger partial charge in [-0.2, -0.15) is 0 Å². The van der Waals surface area contributed by atoms with Crippen molar-refractivity contribution < 1.29 is 9.53 Å². The third-order valence-electron chi connectivity index (χ3n) is 1.59. The Morgan fingerprint density at radius 3 is 2.10 bits per heavy atom. The first-order chi connectivity index (χ1) is 4.36. The minimum absolute atomic E-state index is 0.108. The van der Waals surface area contributed by atoms with Crippen LogP contribution in [0.3, 0.4) is 0 Å². The Morgan fingerprint density at radius 2 is 2.00 bits per heavy atom. The molecule has 0 rings (SSSR count). The van der Waals surface area contributed by atoms with E-state index < -0.39 is 5.60 Å². The quantitative estimate of drug-likeness (QED) is 0.551. The zero-order valence-corrected chi connectivity index (χ0v) is 7.10. The second-order valence-corrected chi connectivity index (χ2v) is 3.10. The number of carbonyl (C=O) groups excluding carboxylic acids is 1. The molecule has 0 amide bonds. The highest BCUT2D eigenvalue weighted by molar-refractivity contribution is 5.66. The summed E-state index contributed by atoms with van der Waals surface area (Å²) in [5, 5.41) is 0. The van der Waals surface area contributed by atoms with Gasteiger partial charge >= 0.3 is 5.97 Å². The van der Waals surface area contributed by atoms with Crippen LogP contribution in [0.25, 0.3) is 0 Å². The van der Waals surface area contributed by atoms with E-state index in [-0.39, 0.29) is 11.9 Å². The summed E-state index contributed by atoms with van der Waals surface area (Å²) in [7, 11) is 0. The van der Waals surface area contributed by atoms with Gasteiger partial charge in [0.05, 0.1) is 0 Å². The normalized spacial score (nSPS) is 11.8. The summed E-state index contributed by atoms with van der Waals surface area (Å²) in [5.41, 5.74) is -0.439. The number of carbonyl (C=O) groups is 1. The van der Waals surface area contributed by atoms with E-state index in [0.717, 1.165) is 0 Å². The van der Waals surface area contributed by atoms with Crippen LogP contribution in [0.5, 0.6) is 0 Å². The van der Waals surface area contributed by atoms with E-state index in [0.29, 0.717) is 0 Å². The molecule has 0 bridgehead atoms. The summed E-state index contributed by atoms with van der Waals surface area (Å²) >= 11 is 0. The lowest BCUT2D eigenvalue weighted by atomic mass is 9.95. The molecule has 0 aromatic heterocycles. The van der Waals surface area contributed by atoms with Crippen molar-refractivity contribution in [3.63, 3.8) is 0 Å². The van der Waals surface area contributed by atoms with Gasteiger partial charge in [-0.3, -0.25) is 4.79 Å². The summed E-state index contributed by atoms with van der Waals surface area (Å²) in [6.07, 6.45) is 0. The SMILES string of the molecule is [CH2][C@H](C)C(C)(C)OC(C)=O. The maximum Gasteiger partial charge on any atom is 0.303 e. The number of rotatable bonds is 2. The Labute approximate surface area is 62.6 Å². The van der Waals surface area contributed by atoms with E-state index in [4.69, 9.17) is 4.74 Å². The molecule has 10 heavy (non-hydrogen) atoms. The van der Waals surface area contributed by atoms with E-state index in [1.165, 1.54) is 6.92 Å². The molecule has 0 unspecified atom stereocenters. The van der Waals surface area contributed by atoms with Crippen molar-refractivity contribution in [3.8, 4) is 0 Å². The summed E-state index contributed by atoms with van der Waals surface area (Å²) in [6.45, 7) is 10.8. The third kappa shape index (κ3) is 2.85. The Bertz CT molecular complexity index is 125. The predicted molar refractivity (Wildman–Crippen MR) is 40.4 cm³/mol. The monoisotopic (exact) mass is 143 g/mol. The molecule has 0 heterocycles. The lowest BCUT2D eigenvalue weighted by molar-refractivity contribution is -0.156. The molecule has 0 saturated heterocycles. The van der Waals surface area contributed by atoms with Crippen LogP contribution in [0, 0.1) is 12.8 Å². The van der Waals surface area contributed by atoms with Crippen LogP contribution in [0.1, 0.15) is 27.7 Å². The van der Waals surface area contributed by atoms with Gasteiger partial charge in [-0.05, 0) is 26.7 Å². The van der Waals surface area contributed by atoms with Crippen LogP contribution in [0.4, 0.5) is 0 Å². The molecule has 0 aliphatic heterocycles. The van der Waals surface area contributed by atoms with Gasteiger partial charge < -0.3 is 4.74 Å². The van der Waals surface area contributed by atoms with Gasteiger partial charge in [0.1, 0.15) is 5.60 Å². The summed E-state index contributed by atoms with van der Waals surface area (Å²) in [5.74, 6) is -0.142. The Hall–Kier alpha value is -0.530. The number of ether oxygens (including phenoxy) is 1. The molecule has 2 nitrogen and oxygen atoms in total. The second-order valence-electron chi connectivity index (χ2n) is 3.10. The minimum Gasteiger partial charge on any atom is -0.460 e. The lowest BCUT2D eigenvalue weighted by Gasteiger charge is -2.28. The van der Waals surface area contributed by atoms with E-state index in [1.807, 2.05) is 20.8 Å². The van der Waals surface area contributed by atoms with E-state index in [1.54, 1.807) is 0 Å². The molecule has 0 aliphatic carbocycles. The van der Waals surface area contributed by atoms with Crippen LogP contribution >= 0.6 is 0 Å². The Morgan fingerprint density at radius 1 is 1.60 bits per heavy atom. The summed E-state index contributed by atoms with van der Waals surface area (Å²) in [6, 6.07) is 0. The van der Waals surface area contributed by atoms with Crippen molar-refractivity contribution in [2.24, 2.45) is 5.92 Å². The van der Waals surface area contributed by atoms with Gasteiger partial charge in [0.25, 0.3) is 0 Å². The number of hydrogen-bond acceptors (Lipinski definition) is 2. The van der Waals surface area contributed by atoms with Gasteiger partial charge in [-0.1, -0.05) is 6.92 Å². The smallest absolute Gasteiger partial charge is 0.303 e. The van der Waals surface area contributed by atoms with Crippen molar-refractivity contribution in [1.82, 2.24) is 0 Å². The van der Waals surface area contributed by atoms with Gasteiger partial charge in [0.2, 0.25) is 0 Å². The first kappa shape index (κ1) is 9.47. The van der Waals surface area contributed by atoms with Crippen molar-refractivity contribution in [1.29, 1.82) is 0 Å². The topological polar surface area (TPSA) is 26.3 Å². The van der Waals surface area contributed by atoms with E-state index in [2.05, 4.69) is 6.92 Å². The number of esters is 1. The fourth-order valence-corrected chi connectivity index (χ4v) is 0.471. The molecule has 0 spiro atoms. The molecule has 0 saturated carbocycles. The first-order valence-corrected chi connectivity index (χ1v) is 3.39. The fourth-order valence-electron chi connectivity index (χ4n) is 0.471. The van der Waals surface area contributed by atoms with Crippen LogP contribution in [0.15, 0.2) is 0 Å². The molecular formula is C8H15O2. The first-order valence-electron chi connectivity index (χ1n) is 3.39. The molecule has 0 aromatic rings. The Balaban J connectivity index is 3.99. The van der Waals surface area contributed by atoms with E-state index >= 15 is 0 Å². The average Bonchev–Trinajstić information content (AvgIpc) is 1.60. The van der Waals surface area contributed by atoms with Crippen molar-refractivity contribution >= 4 is 5.97 Å². The van der Waals surface area contributed by atoms with Crippen LogP contribution < -0.4 is 0 Å². The molecule has 0 aromatic carbocycles. The zero-order chi connectivity index (χ0) is 8.36. The highest BCUT2D eigenvalue weighted by atomic mass is 16.6.